The van der Waals surface area contributed by atoms with Crippen molar-refractivity contribution in [3.63, 3.8) is 0 Å². The fourth-order valence-electron chi connectivity index (χ4n) is 3.00. The van der Waals surface area contributed by atoms with E-state index in [1.165, 1.54) is 12.7 Å². The van der Waals surface area contributed by atoms with Gasteiger partial charge in [-0.3, -0.25) is 14.6 Å². The number of hydrogen-bond donors (Lipinski definition) is 2. The Kier molecular flexibility index (Phi) is 5.77. The lowest BCUT2D eigenvalue weighted by atomic mass is 10.1. The predicted octanol–water partition coefficient (Wildman–Crippen LogP) is 2.14. The number of nitrogens with zero attached hydrogens (tertiary/aromatic N) is 3. The fraction of sp³-hybridized carbons (Fsp3) is 0.444. The van der Waals surface area contributed by atoms with Crippen molar-refractivity contribution in [3.8, 4) is 0 Å². The summed E-state index contributed by atoms with van der Waals surface area (Å²) < 4.78 is 0. The van der Waals surface area contributed by atoms with Crippen LogP contribution in [0.1, 0.15) is 58.8 Å². The van der Waals surface area contributed by atoms with Crippen LogP contribution in [0, 0.1) is 0 Å². The van der Waals surface area contributed by atoms with Gasteiger partial charge in [-0.2, -0.15) is 0 Å². The maximum Gasteiger partial charge on any atom is 0.272 e. The first kappa shape index (κ1) is 17.1. The third kappa shape index (κ3) is 4.43. The van der Waals surface area contributed by atoms with Crippen molar-refractivity contribution in [2.45, 2.75) is 38.6 Å². The van der Waals surface area contributed by atoms with Crippen LogP contribution in [-0.4, -0.2) is 44.8 Å². The molecular formula is C18H23N5O2. The van der Waals surface area contributed by atoms with E-state index < -0.39 is 0 Å². The molecule has 132 valence electrons. The summed E-state index contributed by atoms with van der Waals surface area (Å²) in [5, 5.41) is 2.77. The minimum Gasteiger partial charge on any atom is -0.345 e. The zero-order valence-corrected chi connectivity index (χ0v) is 14.2. The number of carbonyl (C=O) groups is 2. The van der Waals surface area contributed by atoms with Crippen molar-refractivity contribution in [2.75, 3.05) is 13.1 Å². The number of imidazole rings is 1. The zero-order chi connectivity index (χ0) is 17.5. The average molecular weight is 341 g/mol. The highest BCUT2D eigenvalue weighted by Crippen LogP contribution is 2.14. The molecule has 7 nitrogen and oxygen atoms in total. The van der Waals surface area contributed by atoms with E-state index in [4.69, 9.17) is 0 Å². The molecule has 0 aliphatic carbocycles. The molecule has 3 rings (SSSR count). The Labute approximate surface area is 146 Å². The number of aromatic amines is 1. The second kappa shape index (κ2) is 8.41. The first-order valence-corrected chi connectivity index (χ1v) is 8.76. The smallest absolute Gasteiger partial charge is 0.272 e. The molecule has 0 bridgehead atoms. The topological polar surface area (TPSA) is 91.0 Å². The molecule has 2 N–H and O–H groups in total. The van der Waals surface area contributed by atoms with Gasteiger partial charge in [-0.25, -0.2) is 4.98 Å². The van der Waals surface area contributed by atoms with E-state index in [9.17, 15) is 9.59 Å². The molecule has 1 aliphatic rings. The van der Waals surface area contributed by atoms with Crippen LogP contribution in [0.25, 0.3) is 0 Å². The third-order valence-corrected chi connectivity index (χ3v) is 4.37. The SMILES string of the molecule is O=C(NCc1ccccn1)c1nc[nH]c1C(=O)N1CCCCCCC1. The number of likely N-dealkylation sites (tertiary alicyclic amines) is 1. The van der Waals surface area contributed by atoms with Crippen molar-refractivity contribution < 1.29 is 9.59 Å². The van der Waals surface area contributed by atoms with Crippen LogP contribution in [0.15, 0.2) is 30.7 Å². The summed E-state index contributed by atoms with van der Waals surface area (Å²) in [7, 11) is 0. The predicted molar refractivity (Wildman–Crippen MR) is 93.0 cm³/mol. The molecule has 3 heterocycles. The van der Waals surface area contributed by atoms with E-state index in [0.29, 0.717) is 6.54 Å². The van der Waals surface area contributed by atoms with Crippen molar-refractivity contribution in [1.29, 1.82) is 0 Å². The molecule has 7 heteroatoms. The van der Waals surface area contributed by atoms with Crippen LogP contribution in [-0.2, 0) is 6.54 Å². The minimum absolute atomic E-state index is 0.142. The van der Waals surface area contributed by atoms with Gasteiger partial charge in [0.1, 0.15) is 5.69 Å². The van der Waals surface area contributed by atoms with Crippen LogP contribution in [0.4, 0.5) is 0 Å². The van der Waals surface area contributed by atoms with E-state index in [1.54, 1.807) is 6.20 Å². The summed E-state index contributed by atoms with van der Waals surface area (Å²) in [6.45, 7) is 1.75. The average Bonchev–Trinajstić information content (AvgIpc) is 3.09. The molecule has 2 aromatic heterocycles. The number of rotatable bonds is 4. The van der Waals surface area contributed by atoms with Crippen LogP contribution >= 0.6 is 0 Å². The van der Waals surface area contributed by atoms with Gasteiger partial charge in [0.25, 0.3) is 11.8 Å². The standard InChI is InChI=1S/C18H23N5O2/c24-17(20-12-14-8-4-5-9-19-14)15-16(22-13-21-15)18(25)23-10-6-2-1-3-7-11-23/h4-5,8-9,13H,1-3,6-7,10-12H2,(H,20,24)(H,21,22). The Morgan fingerprint density at radius 2 is 1.84 bits per heavy atom. The normalized spacial score (nSPS) is 15.3. The van der Waals surface area contributed by atoms with Gasteiger partial charge >= 0.3 is 0 Å². The molecule has 1 saturated heterocycles. The zero-order valence-electron chi connectivity index (χ0n) is 14.2. The van der Waals surface area contributed by atoms with Crippen molar-refractivity contribution in [3.05, 3.63) is 47.8 Å². The molecule has 1 aliphatic heterocycles. The fourth-order valence-corrected chi connectivity index (χ4v) is 3.00. The number of amides is 2. The molecule has 2 aromatic rings. The number of hydrogen-bond acceptors (Lipinski definition) is 4. The Morgan fingerprint density at radius 1 is 1.08 bits per heavy atom. The monoisotopic (exact) mass is 341 g/mol. The molecule has 0 saturated carbocycles. The van der Waals surface area contributed by atoms with Crippen LogP contribution in [0.3, 0.4) is 0 Å². The van der Waals surface area contributed by atoms with Crippen molar-refractivity contribution >= 4 is 11.8 Å². The van der Waals surface area contributed by atoms with E-state index in [-0.39, 0.29) is 23.2 Å². The van der Waals surface area contributed by atoms with Gasteiger partial charge in [-0.15, -0.1) is 0 Å². The molecule has 2 amide bonds. The molecule has 0 radical (unpaired) electrons. The lowest BCUT2D eigenvalue weighted by Crippen LogP contribution is -2.36. The largest absolute Gasteiger partial charge is 0.345 e. The molecule has 0 spiro atoms. The molecule has 0 unspecified atom stereocenters. The van der Waals surface area contributed by atoms with Gasteiger partial charge in [0.15, 0.2) is 5.69 Å². The molecular weight excluding hydrogens is 318 g/mol. The highest BCUT2D eigenvalue weighted by molar-refractivity contribution is 6.04. The Balaban J connectivity index is 1.66. The lowest BCUT2D eigenvalue weighted by Gasteiger charge is -2.24. The maximum atomic E-state index is 12.8. The van der Waals surface area contributed by atoms with Gasteiger partial charge in [0.05, 0.1) is 18.6 Å². The number of carbonyl (C=O) groups excluding carboxylic acids is 2. The Bertz CT molecular complexity index is 705. The highest BCUT2D eigenvalue weighted by atomic mass is 16.2. The third-order valence-electron chi connectivity index (χ3n) is 4.37. The maximum absolute atomic E-state index is 12.8. The highest BCUT2D eigenvalue weighted by Gasteiger charge is 2.24. The van der Waals surface area contributed by atoms with Gasteiger partial charge in [0.2, 0.25) is 0 Å². The quantitative estimate of drug-likeness (QED) is 0.891. The molecule has 1 fully saturated rings. The summed E-state index contributed by atoms with van der Waals surface area (Å²) in [6, 6.07) is 5.51. The van der Waals surface area contributed by atoms with E-state index in [1.807, 2.05) is 23.1 Å². The van der Waals surface area contributed by atoms with Crippen LogP contribution in [0.5, 0.6) is 0 Å². The van der Waals surface area contributed by atoms with E-state index in [2.05, 4.69) is 20.3 Å². The molecule has 25 heavy (non-hydrogen) atoms. The Morgan fingerprint density at radius 3 is 2.56 bits per heavy atom. The summed E-state index contributed by atoms with van der Waals surface area (Å²) in [5.74, 6) is -0.523. The van der Waals surface area contributed by atoms with Gasteiger partial charge in [-0.1, -0.05) is 25.3 Å². The number of aromatic nitrogens is 3. The van der Waals surface area contributed by atoms with Crippen LogP contribution in [0.2, 0.25) is 0 Å². The van der Waals surface area contributed by atoms with Gasteiger partial charge < -0.3 is 15.2 Å². The van der Waals surface area contributed by atoms with E-state index >= 15 is 0 Å². The first-order valence-electron chi connectivity index (χ1n) is 8.76. The summed E-state index contributed by atoms with van der Waals surface area (Å²) >= 11 is 0. The van der Waals surface area contributed by atoms with Crippen molar-refractivity contribution in [1.82, 2.24) is 25.2 Å². The second-order valence-electron chi connectivity index (χ2n) is 6.19. The first-order chi connectivity index (χ1) is 12.3. The van der Waals surface area contributed by atoms with Gasteiger partial charge in [0, 0.05) is 19.3 Å². The number of nitrogens with one attached hydrogen (secondary N) is 2. The number of H-pyrrole nitrogens is 1. The Hall–Kier alpha value is -2.70. The molecule has 0 aromatic carbocycles. The molecule has 0 atom stereocenters. The van der Waals surface area contributed by atoms with Gasteiger partial charge in [-0.05, 0) is 25.0 Å². The van der Waals surface area contributed by atoms with E-state index in [0.717, 1.165) is 44.5 Å². The van der Waals surface area contributed by atoms with Crippen molar-refractivity contribution in [2.24, 2.45) is 0 Å². The second-order valence-corrected chi connectivity index (χ2v) is 6.19. The summed E-state index contributed by atoms with van der Waals surface area (Å²) in [6.07, 6.45) is 8.59. The lowest BCUT2D eigenvalue weighted by molar-refractivity contribution is 0.0730. The van der Waals surface area contributed by atoms with Crippen LogP contribution < -0.4 is 5.32 Å². The summed E-state index contributed by atoms with van der Waals surface area (Å²) in [4.78, 5) is 38.1. The minimum atomic E-state index is -0.373. The summed E-state index contributed by atoms with van der Waals surface area (Å²) in [5.41, 5.74) is 1.16. The number of pyridine rings is 1.